The first-order valence-corrected chi connectivity index (χ1v) is 6.80. The molecule has 1 aromatic rings. The fraction of sp³-hybridized carbons (Fsp3) is 0.462. The molecule has 2 saturated heterocycles. The van der Waals surface area contributed by atoms with Gasteiger partial charge in [0.2, 0.25) is 0 Å². The molecular formula is C13H13BrO4. The number of aliphatic hydroxyl groups excluding tert-OH is 1. The Labute approximate surface area is 113 Å². The van der Waals surface area contributed by atoms with Crippen LogP contribution in [0.15, 0.2) is 30.3 Å². The minimum atomic E-state index is -0.786. The van der Waals surface area contributed by atoms with Crippen molar-refractivity contribution in [3.63, 3.8) is 0 Å². The van der Waals surface area contributed by atoms with Crippen molar-refractivity contribution in [1.29, 1.82) is 0 Å². The van der Waals surface area contributed by atoms with E-state index in [0.717, 1.165) is 5.56 Å². The molecule has 0 amide bonds. The van der Waals surface area contributed by atoms with E-state index in [2.05, 4.69) is 15.9 Å². The third-order valence-electron chi connectivity index (χ3n) is 3.41. The molecule has 1 N–H and O–H groups in total. The fourth-order valence-electron chi connectivity index (χ4n) is 2.51. The standard InChI is InChI=1S/C13H13BrO4/c14-10(7-4-2-1-3-5-7)13-11(16)12-8(17-13)6-9(15)18-12/h1-5,8,10-13,16H,6H2/t8-,10+,11-,12+,13+/m1/s1. The molecule has 2 aliphatic heterocycles. The lowest BCUT2D eigenvalue weighted by molar-refractivity contribution is -0.145. The summed E-state index contributed by atoms with van der Waals surface area (Å²) < 4.78 is 10.8. The van der Waals surface area contributed by atoms with E-state index < -0.39 is 18.3 Å². The zero-order valence-corrected chi connectivity index (χ0v) is 11.1. The maximum Gasteiger partial charge on any atom is 0.309 e. The fourth-order valence-corrected chi connectivity index (χ4v) is 3.25. The molecular weight excluding hydrogens is 300 g/mol. The van der Waals surface area contributed by atoms with Crippen LogP contribution < -0.4 is 0 Å². The molecule has 2 fully saturated rings. The van der Waals surface area contributed by atoms with Gasteiger partial charge in [-0.3, -0.25) is 4.79 Å². The number of hydrogen-bond acceptors (Lipinski definition) is 4. The summed E-state index contributed by atoms with van der Waals surface area (Å²) in [4.78, 5) is 11.0. The van der Waals surface area contributed by atoms with Gasteiger partial charge in [-0.05, 0) is 5.56 Å². The van der Waals surface area contributed by atoms with Crippen molar-refractivity contribution in [3.05, 3.63) is 35.9 Å². The summed E-state index contributed by atoms with van der Waals surface area (Å²) in [6.45, 7) is 0. The van der Waals surface area contributed by atoms with E-state index in [9.17, 15) is 9.90 Å². The molecule has 5 atom stereocenters. The minimum absolute atomic E-state index is 0.113. The summed E-state index contributed by atoms with van der Waals surface area (Å²) in [5.41, 5.74) is 1.04. The van der Waals surface area contributed by atoms with Crippen LogP contribution in [0.25, 0.3) is 0 Å². The van der Waals surface area contributed by atoms with Gasteiger partial charge in [-0.1, -0.05) is 46.3 Å². The van der Waals surface area contributed by atoms with Crippen LogP contribution in [0.1, 0.15) is 16.8 Å². The Morgan fingerprint density at radius 1 is 1.33 bits per heavy atom. The van der Waals surface area contributed by atoms with E-state index in [1.165, 1.54) is 0 Å². The van der Waals surface area contributed by atoms with Crippen molar-refractivity contribution >= 4 is 21.9 Å². The maximum atomic E-state index is 11.1. The van der Waals surface area contributed by atoms with Gasteiger partial charge in [-0.25, -0.2) is 0 Å². The lowest BCUT2D eigenvalue weighted by Crippen LogP contribution is -2.34. The average molecular weight is 313 g/mol. The highest BCUT2D eigenvalue weighted by Crippen LogP contribution is 2.40. The van der Waals surface area contributed by atoms with Crippen LogP contribution in [0.3, 0.4) is 0 Å². The number of carbonyl (C=O) groups is 1. The SMILES string of the molecule is O=C1C[C@H]2O[C@@H]([C@@H](Br)c3ccccc3)[C@H](O)[C@H]2O1. The van der Waals surface area contributed by atoms with Gasteiger partial charge in [0.25, 0.3) is 0 Å². The number of ether oxygens (including phenoxy) is 2. The van der Waals surface area contributed by atoms with E-state index in [1.807, 2.05) is 30.3 Å². The summed E-state index contributed by atoms with van der Waals surface area (Å²) >= 11 is 3.55. The van der Waals surface area contributed by atoms with Gasteiger partial charge in [-0.15, -0.1) is 0 Å². The van der Waals surface area contributed by atoms with E-state index in [4.69, 9.17) is 9.47 Å². The van der Waals surface area contributed by atoms with E-state index >= 15 is 0 Å². The number of alkyl halides is 1. The van der Waals surface area contributed by atoms with Crippen LogP contribution in [-0.4, -0.2) is 35.5 Å². The van der Waals surface area contributed by atoms with Crippen LogP contribution in [0, 0.1) is 0 Å². The normalized spacial score (nSPS) is 36.2. The second-order valence-electron chi connectivity index (χ2n) is 4.60. The van der Waals surface area contributed by atoms with Crippen molar-refractivity contribution < 1.29 is 19.4 Å². The topological polar surface area (TPSA) is 55.8 Å². The predicted octanol–water partition coefficient (Wildman–Crippen LogP) is 1.57. The number of esters is 1. The van der Waals surface area contributed by atoms with Gasteiger partial charge >= 0.3 is 5.97 Å². The Balaban J connectivity index is 1.77. The van der Waals surface area contributed by atoms with Crippen LogP contribution in [0.5, 0.6) is 0 Å². The largest absolute Gasteiger partial charge is 0.457 e. The lowest BCUT2D eigenvalue weighted by atomic mass is 10.0. The number of benzene rings is 1. The molecule has 0 aliphatic carbocycles. The number of fused-ring (bicyclic) bond motifs is 1. The molecule has 0 bridgehead atoms. The number of rotatable bonds is 2. The Kier molecular flexibility index (Phi) is 3.13. The predicted molar refractivity (Wildman–Crippen MR) is 67.3 cm³/mol. The van der Waals surface area contributed by atoms with Crippen molar-refractivity contribution in [2.75, 3.05) is 0 Å². The quantitative estimate of drug-likeness (QED) is 0.665. The van der Waals surface area contributed by atoms with E-state index in [0.29, 0.717) is 0 Å². The molecule has 2 heterocycles. The first kappa shape index (κ1) is 12.1. The molecule has 5 heteroatoms. The smallest absolute Gasteiger partial charge is 0.309 e. The average Bonchev–Trinajstić information content (AvgIpc) is 2.88. The van der Waals surface area contributed by atoms with Gasteiger partial charge in [0.1, 0.15) is 18.3 Å². The zero-order valence-electron chi connectivity index (χ0n) is 9.53. The first-order chi connectivity index (χ1) is 8.66. The van der Waals surface area contributed by atoms with Crippen molar-refractivity contribution in [1.82, 2.24) is 0 Å². The molecule has 0 unspecified atom stereocenters. The lowest BCUT2D eigenvalue weighted by Gasteiger charge is -2.22. The summed E-state index contributed by atoms with van der Waals surface area (Å²) in [7, 11) is 0. The summed E-state index contributed by atoms with van der Waals surface area (Å²) in [6, 6.07) is 9.74. The second-order valence-corrected chi connectivity index (χ2v) is 5.59. The molecule has 96 valence electrons. The van der Waals surface area contributed by atoms with Crippen molar-refractivity contribution in [2.45, 2.75) is 35.7 Å². The highest BCUT2D eigenvalue weighted by molar-refractivity contribution is 9.09. The number of carbonyl (C=O) groups excluding carboxylic acids is 1. The van der Waals surface area contributed by atoms with Gasteiger partial charge < -0.3 is 14.6 Å². The summed E-state index contributed by atoms with van der Waals surface area (Å²) in [5.74, 6) is -0.298. The van der Waals surface area contributed by atoms with Crippen LogP contribution in [0.2, 0.25) is 0 Å². The van der Waals surface area contributed by atoms with Crippen molar-refractivity contribution in [3.8, 4) is 0 Å². The van der Waals surface area contributed by atoms with E-state index in [-0.39, 0.29) is 23.3 Å². The molecule has 3 rings (SSSR count). The minimum Gasteiger partial charge on any atom is -0.457 e. The molecule has 0 spiro atoms. The number of halogens is 1. The Hall–Kier alpha value is -0.910. The Morgan fingerprint density at radius 2 is 2.06 bits per heavy atom. The molecule has 2 aliphatic rings. The monoisotopic (exact) mass is 312 g/mol. The highest BCUT2D eigenvalue weighted by Gasteiger charge is 2.52. The molecule has 0 aromatic heterocycles. The van der Waals surface area contributed by atoms with Crippen LogP contribution in [-0.2, 0) is 14.3 Å². The number of hydrogen-bond donors (Lipinski definition) is 1. The van der Waals surface area contributed by atoms with Gasteiger partial charge in [-0.2, -0.15) is 0 Å². The summed E-state index contributed by atoms with van der Waals surface area (Å²) in [5, 5.41) is 10.2. The van der Waals surface area contributed by atoms with Gasteiger partial charge in [0.15, 0.2) is 6.10 Å². The molecule has 18 heavy (non-hydrogen) atoms. The second kappa shape index (κ2) is 4.64. The third kappa shape index (κ3) is 1.96. The first-order valence-electron chi connectivity index (χ1n) is 5.89. The molecule has 0 saturated carbocycles. The molecule has 0 radical (unpaired) electrons. The summed E-state index contributed by atoms with van der Waals surface area (Å²) in [6.07, 6.45) is -1.79. The Bertz CT molecular complexity index is 450. The highest BCUT2D eigenvalue weighted by atomic mass is 79.9. The van der Waals surface area contributed by atoms with Gasteiger partial charge in [0, 0.05) is 0 Å². The van der Waals surface area contributed by atoms with Crippen molar-refractivity contribution in [2.24, 2.45) is 0 Å². The third-order valence-corrected chi connectivity index (χ3v) is 4.46. The Morgan fingerprint density at radius 3 is 2.72 bits per heavy atom. The van der Waals surface area contributed by atoms with Crippen LogP contribution >= 0.6 is 15.9 Å². The zero-order chi connectivity index (χ0) is 12.7. The molecule has 4 nitrogen and oxygen atoms in total. The maximum absolute atomic E-state index is 11.1. The number of aliphatic hydroxyl groups is 1. The molecule has 1 aromatic carbocycles. The van der Waals surface area contributed by atoms with Gasteiger partial charge in [0.05, 0.1) is 11.2 Å². The van der Waals surface area contributed by atoms with E-state index in [1.54, 1.807) is 0 Å². The van der Waals surface area contributed by atoms with Crippen LogP contribution in [0.4, 0.5) is 0 Å².